The fourth-order valence-corrected chi connectivity index (χ4v) is 4.63. The predicted molar refractivity (Wildman–Crippen MR) is 115 cm³/mol. The molecule has 3 aromatic rings. The molecule has 7 nitrogen and oxygen atoms in total. The van der Waals surface area contributed by atoms with Gasteiger partial charge in [-0.3, -0.25) is 19.6 Å². The Morgan fingerprint density at radius 2 is 2.07 bits per heavy atom. The summed E-state index contributed by atoms with van der Waals surface area (Å²) in [7, 11) is 0. The van der Waals surface area contributed by atoms with Gasteiger partial charge in [0.2, 0.25) is 0 Å². The summed E-state index contributed by atoms with van der Waals surface area (Å²) in [6.45, 7) is 9.11. The molecule has 0 aliphatic carbocycles. The largest absolute Gasteiger partial charge is 0.379 e. The maximum Gasteiger partial charge on any atom is 0.280 e. The summed E-state index contributed by atoms with van der Waals surface area (Å²) < 4.78 is 6.54. The van der Waals surface area contributed by atoms with Crippen LogP contribution in [-0.4, -0.2) is 65.2 Å². The highest BCUT2D eigenvalue weighted by molar-refractivity contribution is 7.22. The van der Waals surface area contributed by atoms with E-state index in [0.717, 1.165) is 49.5 Å². The first-order valence-corrected chi connectivity index (χ1v) is 10.7. The topological polar surface area (TPSA) is 71.5 Å². The van der Waals surface area contributed by atoms with Crippen LogP contribution in [0.5, 0.6) is 0 Å². The number of fused-ring (bicyclic) bond motifs is 1. The summed E-state index contributed by atoms with van der Waals surface area (Å²) >= 11 is 1.56. The lowest BCUT2D eigenvalue weighted by Crippen LogP contribution is -2.39. The molecule has 1 aliphatic heterocycles. The molecule has 2 aromatic heterocycles. The van der Waals surface area contributed by atoms with Gasteiger partial charge in [0.1, 0.15) is 5.69 Å². The second-order valence-corrected chi connectivity index (χ2v) is 8.26. The van der Waals surface area contributed by atoms with E-state index < -0.39 is 0 Å². The van der Waals surface area contributed by atoms with Crippen molar-refractivity contribution in [1.29, 1.82) is 0 Å². The van der Waals surface area contributed by atoms with Gasteiger partial charge in [-0.15, -0.1) is 0 Å². The van der Waals surface area contributed by atoms with Gasteiger partial charge in [0.05, 0.1) is 29.6 Å². The first-order valence-electron chi connectivity index (χ1n) is 9.87. The zero-order valence-electron chi connectivity index (χ0n) is 16.8. The number of carbonyl (C=O) groups excluding carboxylic acids is 1. The minimum Gasteiger partial charge on any atom is -0.379 e. The van der Waals surface area contributed by atoms with E-state index in [1.54, 1.807) is 28.6 Å². The van der Waals surface area contributed by atoms with E-state index in [4.69, 9.17) is 9.72 Å². The van der Waals surface area contributed by atoms with Gasteiger partial charge in [0, 0.05) is 38.6 Å². The molecule has 0 radical (unpaired) electrons. The number of carbonyl (C=O) groups is 1. The summed E-state index contributed by atoms with van der Waals surface area (Å²) in [5, 5.41) is 0.714. The molecule has 1 saturated heterocycles. The number of morpholine rings is 1. The Labute approximate surface area is 174 Å². The molecule has 1 fully saturated rings. The van der Waals surface area contributed by atoms with E-state index in [9.17, 15) is 4.79 Å². The van der Waals surface area contributed by atoms with Crippen molar-refractivity contribution in [2.75, 3.05) is 44.3 Å². The third-order valence-electron chi connectivity index (χ3n) is 5.03. The third kappa shape index (κ3) is 4.60. The normalized spacial score (nSPS) is 15.0. The molecule has 8 heteroatoms. The van der Waals surface area contributed by atoms with Gasteiger partial charge in [0.15, 0.2) is 5.13 Å². The van der Waals surface area contributed by atoms with Crippen LogP contribution in [0, 0.1) is 13.8 Å². The lowest BCUT2D eigenvalue weighted by atomic mass is 10.1. The fourth-order valence-electron chi connectivity index (χ4n) is 3.59. The number of aromatic nitrogens is 3. The Kier molecular flexibility index (Phi) is 6.13. The monoisotopic (exact) mass is 411 g/mol. The van der Waals surface area contributed by atoms with Crippen molar-refractivity contribution in [3.8, 4) is 0 Å². The number of aryl methyl sites for hydroxylation is 2. The Morgan fingerprint density at radius 3 is 2.83 bits per heavy atom. The molecule has 0 N–H and O–H groups in total. The van der Waals surface area contributed by atoms with E-state index in [1.807, 2.05) is 0 Å². The number of thiazole rings is 1. The third-order valence-corrected chi connectivity index (χ3v) is 6.26. The standard InChI is InChI=1S/C21H25N5O2S/c1-15-12-16(2)19-17(13-15)24-21(29-19)26(20(27)18-14-22-4-5-23-18)7-3-6-25-8-10-28-11-9-25/h4-5,12-14H,3,6-11H2,1-2H3. The number of hydrogen-bond acceptors (Lipinski definition) is 7. The molecule has 1 amide bonds. The van der Waals surface area contributed by atoms with Gasteiger partial charge >= 0.3 is 0 Å². The van der Waals surface area contributed by atoms with Crippen LogP contribution in [-0.2, 0) is 4.74 Å². The van der Waals surface area contributed by atoms with Crippen molar-refractivity contribution in [3.63, 3.8) is 0 Å². The first-order chi connectivity index (χ1) is 14.1. The van der Waals surface area contributed by atoms with Crippen LogP contribution < -0.4 is 4.90 Å². The Morgan fingerprint density at radius 1 is 1.24 bits per heavy atom. The van der Waals surface area contributed by atoms with Crippen LogP contribution in [0.15, 0.2) is 30.7 Å². The number of hydrogen-bond donors (Lipinski definition) is 0. The van der Waals surface area contributed by atoms with E-state index in [2.05, 4.69) is 40.8 Å². The van der Waals surface area contributed by atoms with Gasteiger partial charge in [-0.2, -0.15) is 0 Å². The van der Waals surface area contributed by atoms with E-state index in [-0.39, 0.29) is 5.91 Å². The number of benzene rings is 1. The lowest BCUT2D eigenvalue weighted by Gasteiger charge is -2.27. The zero-order chi connectivity index (χ0) is 20.2. The molecule has 0 spiro atoms. The van der Waals surface area contributed by atoms with Crippen molar-refractivity contribution in [2.24, 2.45) is 0 Å². The second-order valence-electron chi connectivity index (χ2n) is 7.28. The highest BCUT2D eigenvalue weighted by Crippen LogP contribution is 2.32. The van der Waals surface area contributed by atoms with Gasteiger partial charge in [-0.25, -0.2) is 9.97 Å². The smallest absolute Gasteiger partial charge is 0.280 e. The van der Waals surface area contributed by atoms with Crippen molar-refractivity contribution >= 4 is 32.6 Å². The summed E-state index contributed by atoms with van der Waals surface area (Å²) in [6, 6.07) is 4.22. The molecular formula is C21H25N5O2S. The Bertz CT molecular complexity index is 985. The maximum absolute atomic E-state index is 13.2. The zero-order valence-corrected chi connectivity index (χ0v) is 17.6. The van der Waals surface area contributed by atoms with Gasteiger partial charge in [0.25, 0.3) is 5.91 Å². The molecule has 0 bridgehead atoms. The average molecular weight is 412 g/mol. The van der Waals surface area contributed by atoms with Crippen LogP contribution in [0.25, 0.3) is 10.2 Å². The van der Waals surface area contributed by atoms with Crippen molar-refractivity contribution in [1.82, 2.24) is 19.9 Å². The van der Waals surface area contributed by atoms with Crippen molar-refractivity contribution in [3.05, 3.63) is 47.5 Å². The molecule has 29 heavy (non-hydrogen) atoms. The van der Waals surface area contributed by atoms with Crippen LogP contribution in [0.2, 0.25) is 0 Å². The van der Waals surface area contributed by atoms with E-state index in [1.165, 1.54) is 17.3 Å². The summed E-state index contributed by atoms with van der Waals surface area (Å²) in [5.74, 6) is -0.159. The predicted octanol–water partition coefficient (Wildman–Crippen LogP) is 3.07. The molecular weight excluding hydrogens is 386 g/mol. The molecule has 3 heterocycles. The minimum atomic E-state index is -0.159. The van der Waals surface area contributed by atoms with Crippen LogP contribution in [0.3, 0.4) is 0 Å². The van der Waals surface area contributed by atoms with Gasteiger partial charge in [-0.1, -0.05) is 17.4 Å². The summed E-state index contributed by atoms with van der Waals surface area (Å²) in [6.07, 6.45) is 5.49. The fraction of sp³-hybridized carbons (Fsp3) is 0.429. The van der Waals surface area contributed by atoms with Gasteiger partial charge < -0.3 is 4.74 Å². The van der Waals surface area contributed by atoms with E-state index >= 15 is 0 Å². The first kappa shape index (κ1) is 19.9. The van der Waals surface area contributed by atoms with Gasteiger partial charge in [-0.05, 0) is 37.5 Å². The van der Waals surface area contributed by atoms with E-state index in [0.29, 0.717) is 17.4 Å². The lowest BCUT2D eigenvalue weighted by molar-refractivity contribution is 0.0376. The highest BCUT2D eigenvalue weighted by atomic mass is 32.1. The molecule has 1 aromatic carbocycles. The van der Waals surface area contributed by atoms with Crippen LogP contribution >= 0.6 is 11.3 Å². The van der Waals surface area contributed by atoms with Crippen molar-refractivity contribution in [2.45, 2.75) is 20.3 Å². The van der Waals surface area contributed by atoms with Crippen LogP contribution in [0.1, 0.15) is 28.0 Å². The number of anilines is 1. The SMILES string of the molecule is Cc1cc(C)c2sc(N(CCCN3CCOCC3)C(=O)c3cnccn3)nc2c1. The molecule has 152 valence electrons. The maximum atomic E-state index is 13.2. The summed E-state index contributed by atoms with van der Waals surface area (Å²) in [5.41, 5.74) is 3.63. The quantitative estimate of drug-likeness (QED) is 0.621. The Balaban J connectivity index is 1.59. The summed E-state index contributed by atoms with van der Waals surface area (Å²) in [4.78, 5) is 30.4. The molecule has 0 atom stereocenters. The molecule has 0 saturated carbocycles. The van der Waals surface area contributed by atoms with Crippen LogP contribution in [0.4, 0.5) is 5.13 Å². The number of nitrogens with zero attached hydrogens (tertiary/aromatic N) is 5. The number of ether oxygens (including phenoxy) is 1. The van der Waals surface area contributed by atoms with Crippen molar-refractivity contribution < 1.29 is 9.53 Å². The molecule has 4 rings (SSSR count). The number of amides is 1. The average Bonchev–Trinajstić information content (AvgIpc) is 3.16. The molecule has 1 aliphatic rings. The minimum absolute atomic E-state index is 0.159. The number of rotatable bonds is 6. The molecule has 0 unspecified atom stereocenters. The highest BCUT2D eigenvalue weighted by Gasteiger charge is 2.23. The second kappa shape index (κ2) is 8.94. The Hall–Kier alpha value is -2.42.